The lowest BCUT2D eigenvalue weighted by Crippen LogP contribution is -2.27. The maximum atomic E-state index is 11.2. The number of rotatable bonds is 3. The van der Waals surface area contributed by atoms with Gasteiger partial charge in [-0.25, -0.2) is 0 Å². The highest BCUT2D eigenvalue weighted by Gasteiger charge is 2.07. The Morgan fingerprint density at radius 1 is 1.75 bits per heavy atom. The van der Waals surface area contributed by atoms with E-state index in [-0.39, 0.29) is 5.91 Å². The molecule has 12 heavy (non-hydrogen) atoms. The van der Waals surface area contributed by atoms with Gasteiger partial charge in [-0.1, -0.05) is 13.8 Å². The first-order chi connectivity index (χ1) is 5.70. The standard InChI is InChI=1S/C7H12N4O/c1-5(2)3-8-7(12)6-4-9-11-10-6/h4-5H,3H2,1-2H3,(H,8,12)(H,9,10,11). The highest BCUT2D eigenvalue weighted by Crippen LogP contribution is 1.91. The van der Waals surface area contributed by atoms with Gasteiger partial charge in [-0.05, 0) is 5.92 Å². The van der Waals surface area contributed by atoms with Crippen molar-refractivity contribution in [3.8, 4) is 0 Å². The first-order valence-corrected chi connectivity index (χ1v) is 3.84. The van der Waals surface area contributed by atoms with Crippen LogP contribution in [-0.4, -0.2) is 27.9 Å². The summed E-state index contributed by atoms with van der Waals surface area (Å²) >= 11 is 0. The summed E-state index contributed by atoms with van der Waals surface area (Å²) in [5.74, 6) is 0.262. The summed E-state index contributed by atoms with van der Waals surface area (Å²) in [6.07, 6.45) is 1.40. The summed E-state index contributed by atoms with van der Waals surface area (Å²) in [7, 11) is 0. The van der Waals surface area contributed by atoms with Crippen LogP contribution < -0.4 is 5.32 Å². The Labute approximate surface area is 70.6 Å². The second-order valence-electron chi connectivity index (χ2n) is 2.96. The molecule has 0 fully saturated rings. The quantitative estimate of drug-likeness (QED) is 0.676. The first kappa shape index (κ1) is 8.70. The molecule has 0 aliphatic rings. The maximum absolute atomic E-state index is 11.2. The Morgan fingerprint density at radius 3 is 3.00 bits per heavy atom. The highest BCUT2D eigenvalue weighted by molar-refractivity contribution is 5.91. The number of aromatic nitrogens is 3. The van der Waals surface area contributed by atoms with E-state index in [1.807, 2.05) is 13.8 Å². The predicted octanol–water partition coefficient (Wildman–Crippen LogP) is 0.190. The number of carbonyl (C=O) groups is 1. The summed E-state index contributed by atoms with van der Waals surface area (Å²) in [5.41, 5.74) is 0.329. The van der Waals surface area contributed by atoms with Gasteiger partial charge in [-0.3, -0.25) is 4.79 Å². The molecule has 1 aromatic rings. The lowest BCUT2D eigenvalue weighted by molar-refractivity contribution is 0.0944. The Kier molecular flexibility index (Phi) is 2.79. The van der Waals surface area contributed by atoms with Gasteiger partial charge < -0.3 is 5.32 Å². The minimum atomic E-state index is -0.183. The second-order valence-corrected chi connectivity index (χ2v) is 2.96. The van der Waals surface area contributed by atoms with E-state index in [0.29, 0.717) is 18.2 Å². The Balaban J connectivity index is 2.40. The summed E-state index contributed by atoms with van der Waals surface area (Å²) in [5, 5.41) is 12.3. The third-order valence-corrected chi connectivity index (χ3v) is 1.32. The predicted molar refractivity (Wildman–Crippen MR) is 43.6 cm³/mol. The molecule has 5 nitrogen and oxygen atoms in total. The van der Waals surface area contributed by atoms with Crippen molar-refractivity contribution in [2.24, 2.45) is 5.92 Å². The van der Waals surface area contributed by atoms with E-state index in [4.69, 9.17) is 0 Å². The molecule has 0 radical (unpaired) electrons. The lowest BCUT2D eigenvalue weighted by Gasteiger charge is -2.04. The van der Waals surface area contributed by atoms with Crippen LogP contribution in [0.15, 0.2) is 6.20 Å². The van der Waals surface area contributed by atoms with E-state index >= 15 is 0 Å². The van der Waals surface area contributed by atoms with Crippen LogP contribution >= 0.6 is 0 Å². The molecule has 0 unspecified atom stereocenters. The lowest BCUT2D eigenvalue weighted by atomic mass is 10.2. The zero-order chi connectivity index (χ0) is 8.97. The molecule has 0 aliphatic heterocycles. The normalized spacial score (nSPS) is 10.2. The van der Waals surface area contributed by atoms with Crippen molar-refractivity contribution >= 4 is 5.91 Å². The largest absolute Gasteiger partial charge is 0.350 e. The number of hydrogen-bond donors (Lipinski definition) is 2. The van der Waals surface area contributed by atoms with Gasteiger partial charge in [0.1, 0.15) is 0 Å². The Morgan fingerprint density at radius 2 is 2.50 bits per heavy atom. The molecule has 0 aromatic carbocycles. The number of nitrogens with one attached hydrogen (secondary N) is 2. The minimum absolute atomic E-state index is 0.183. The molecule has 0 bridgehead atoms. The summed E-state index contributed by atoms with van der Waals surface area (Å²) < 4.78 is 0. The van der Waals surface area contributed by atoms with Crippen molar-refractivity contribution in [3.05, 3.63) is 11.9 Å². The number of H-pyrrole nitrogens is 1. The average Bonchev–Trinajstić information content (AvgIpc) is 2.51. The monoisotopic (exact) mass is 168 g/mol. The molecule has 2 N–H and O–H groups in total. The first-order valence-electron chi connectivity index (χ1n) is 3.84. The van der Waals surface area contributed by atoms with Crippen molar-refractivity contribution in [2.75, 3.05) is 6.54 Å². The fraction of sp³-hybridized carbons (Fsp3) is 0.571. The van der Waals surface area contributed by atoms with Gasteiger partial charge >= 0.3 is 0 Å². The molecule has 0 spiro atoms. The fourth-order valence-electron chi connectivity index (χ4n) is 0.698. The van der Waals surface area contributed by atoms with Crippen LogP contribution in [0.2, 0.25) is 0 Å². The molecule has 0 saturated heterocycles. The van der Waals surface area contributed by atoms with Crippen molar-refractivity contribution in [1.29, 1.82) is 0 Å². The molecule has 66 valence electrons. The second kappa shape index (κ2) is 3.85. The van der Waals surface area contributed by atoms with Crippen LogP contribution in [-0.2, 0) is 0 Å². The minimum Gasteiger partial charge on any atom is -0.350 e. The number of nitrogens with zero attached hydrogens (tertiary/aromatic N) is 2. The van der Waals surface area contributed by atoms with Crippen molar-refractivity contribution in [3.63, 3.8) is 0 Å². The summed E-state index contributed by atoms with van der Waals surface area (Å²) in [4.78, 5) is 11.2. The van der Waals surface area contributed by atoms with E-state index < -0.39 is 0 Å². The molecule has 0 aliphatic carbocycles. The maximum Gasteiger partial charge on any atom is 0.273 e. The van der Waals surface area contributed by atoms with Gasteiger partial charge in [0.15, 0.2) is 5.69 Å². The Hall–Kier alpha value is -1.39. The Bertz CT molecular complexity index is 242. The highest BCUT2D eigenvalue weighted by atomic mass is 16.1. The fourth-order valence-corrected chi connectivity index (χ4v) is 0.698. The number of aromatic amines is 1. The summed E-state index contributed by atoms with van der Waals surface area (Å²) in [6.45, 7) is 4.72. The van der Waals surface area contributed by atoms with Crippen molar-refractivity contribution in [2.45, 2.75) is 13.8 Å². The smallest absolute Gasteiger partial charge is 0.273 e. The van der Waals surface area contributed by atoms with E-state index in [0.717, 1.165) is 0 Å². The van der Waals surface area contributed by atoms with E-state index in [9.17, 15) is 4.79 Å². The van der Waals surface area contributed by atoms with Gasteiger partial charge in [-0.15, -0.1) is 0 Å². The van der Waals surface area contributed by atoms with Crippen LogP contribution in [0.5, 0.6) is 0 Å². The molecular weight excluding hydrogens is 156 g/mol. The van der Waals surface area contributed by atoms with Gasteiger partial charge in [0.2, 0.25) is 0 Å². The molecule has 5 heteroatoms. The molecule has 0 saturated carbocycles. The van der Waals surface area contributed by atoms with Crippen molar-refractivity contribution < 1.29 is 4.79 Å². The molecular formula is C7H12N4O. The summed E-state index contributed by atoms with van der Waals surface area (Å²) in [6, 6.07) is 0. The molecule has 1 heterocycles. The number of amides is 1. The van der Waals surface area contributed by atoms with Gasteiger partial charge in [-0.2, -0.15) is 15.4 Å². The van der Waals surface area contributed by atoms with Crippen LogP contribution in [0.3, 0.4) is 0 Å². The number of hydrogen-bond acceptors (Lipinski definition) is 3. The van der Waals surface area contributed by atoms with E-state index in [1.165, 1.54) is 6.20 Å². The SMILES string of the molecule is CC(C)CNC(=O)c1cn[nH]n1. The molecule has 1 aromatic heterocycles. The van der Waals surface area contributed by atoms with Crippen LogP contribution in [0.25, 0.3) is 0 Å². The van der Waals surface area contributed by atoms with Crippen LogP contribution in [0.1, 0.15) is 24.3 Å². The van der Waals surface area contributed by atoms with Gasteiger partial charge in [0.25, 0.3) is 5.91 Å². The molecule has 1 amide bonds. The third kappa shape index (κ3) is 2.34. The van der Waals surface area contributed by atoms with Gasteiger partial charge in [0, 0.05) is 6.54 Å². The van der Waals surface area contributed by atoms with Crippen molar-refractivity contribution in [1.82, 2.24) is 20.7 Å². The number of carbonyl (C=O) groups excluding carboxylic acids is 1. The van der Waals surface area contributed by atoms with Crippen LogP contribution in [0, 0.1) is 5.92 Å². The van der Waals surface area contributed by atoms with E-state index in [1.54, 1.807) is 0 Å². The average molecular weight is 168 g/mol. The third-order valence-electron chi connectivity index (χ3n) is 1.32. The van der Waals surface area contributed by atoms with Crippen LogP contribution in [0.4, 0.5) is 0 Å². The van der Waals surface area contributed by atoms with Gasteiger partial charge in [0.05, 0.1) is 6.20 Å². The molecule has 1 rings (SSSR count). The topological polar surface area (TPSA) is 70.7 Å². The zero-order valence-corrected chi connectivity index (χ0v) is 7.16. The zero-order valence-electron chi connectivity index (χ0n) is 7.16. The molecule has 0 atom stereocenters. The van der Waals surface area contributed by atoms with E-state index in [2.05, 4.69) is 20.7 Å².